The van der Waals surface area contributed by atoms with Gasteiger partial charge in [-0.05, 0) is 32.8 Å². The Kier molecular flexibility index (Phi) is 4.56. The first-order chi connectivity index (χ1) is 9.37. The second-order valence-electron chi connectivity index (χ2n) is 5.22. The summed E-state index contributed by atoms with van der Waals surface area (Å²) < 4.78 is 27.1. The van der Waals surface area contributed by atoms with E-state index in [0.717, 1.165) is 19.3 Å². The zero-order valence-electron chi connectivity index (χ0n) is 11.9. The number of nitrogens with zero attached hydrogens (tertiary/aromatic N) is 2. The normalized spacial score (nSPS) is 24.6. The number of pyridine rings is 1. The summed E-state index contributed by atoms with van der Waals surface area (Å²) in [5.41, 5.74) is 0. The Morgan fingerprint density at radius 2 is 1.95 bits per heavy atom. The molecule has 0 radical (unpaired) electrons. The molecule has 1 fully saturated rings. The molecule has 0 saturated carbocycles. The van der Waals surface area contributed by atoms with Gasteiger partial charge in [0, 0.05) is 25.3 Å². The molecule has 1 saturated heterocycles. The van der Waals surface area contributed by atoms with E-state index in [9.17, 15) is 8.42 Å². The lowest BCUT2D eigenvalue weighted by atomic mass is 10.0. The van der Waals surface area contributed by atoms with Crippen molar-refractivity contribution in [1.82, 2.24) is 9.29 Å². The maximum absolute atomic E-state index is 12.8. The van der Waals surface area contributed by atoms with Crippen LogP contribution in [0.5, 0.6) is 0 Å². The average Bonchev–Trinajstić information content (AvgIpc) is 2.38. The van der Waals surface area contributed by atoms with Gasteiger partial charge in [0.1, 0.15) is 10.7 Å². The fraction of sp³-hybridized carbons (Fsp3) is 0.615. The molecule has 0 amide bonds. The topological polar surface area (TPSA) is 62.3 Å². The summed E-state index contributed by atoms with van der Waals surface area (Å²) in [7, 11) is -1.86. The summed E-state index contributed by atoms with van der Waals surface area (Å²) in [5.74, 6) is 0.477. The fourth-order valence-electron chi connectivity index (χ4n) is 2.74. The van der Waals surface area contributed by atoms with Crippen LogP contribution < -0.4 is 5.32 Å². The Morgan fingerprint density at radius 1 is 1.35 bits per heavy atom. The van der Waals surface area contributed by atoms with Gasteiger partial charge in [0.25, 0.3) is 0 Å². The molecular weight excluding hydrogens is 298 g/mol. The van der Waals surface area contributed by atoms with Crippen LogP contribution in [0.15, 0.2) is 17.2 Å². The molecule has 0 unspecified atom stereocenters. The van der Waals surface area contributed by atoms with Gasteiger partial charge in [0.15, 0.2) is 0 Å². The molecule has 2 atom stereocenters. The zero-order valence-corrected chi connectivity index (χ0v) is 13.5. The number of hydrogen-bond donors (Lipinski definition) is 1. The number of hydrogen-bond acceptors (Lipinski definition) is 4. The maximum atomic E-state index is 12.8. The van der Waals surface area contributed by atoms with Crippen molar-refractivity contribution in [3.8, 4) is 0 Å². The van der Waals surface area contributed by atoms with Crippen molar-refractivity contribution < 1.29 is 8.42 Å². The van der Waals surface area contributed by atoms with Crippen LogP contribution >= 0.6 is 11.6 Å². The molecule has 2 rings (SSSR count). The first-order valence-corrected chi connectivity index (χ1v) is 8.56. The Hall–Kier alpha value is -0.850. The van der Waals surface area contributed by atoms with Crippen LogP contribution in [0.4, 0.5) is 5.82 Å². The Morgan fingerprint density at radius 3 is 2.45 bits per heavy atom. The van der Waals surface area contributed by atoms with Crippen LogP contribution in [0, 0.1) is 0 Å². The summed E-state index contributed by atoms with van der Waals surface area (Å²) in [5, 5.41) is 3.13. The van der Waals surface area contributed by atoms with Gasteiger partial charge in [-0.1, -0.05) is 18.0 Å². The zero-order chi connectivity index (χ0) is 14.9. The molecule has 1 aliphatic heterocycles. The SMILES string of the molecule is CNc1ncc(S(=O)(=O)N2[C@H](C)CCC[C@@H]2C)cc1Cl. The number of sulfonamides is 1. The second-order valence-corrected chi connectivity index (χ2v) is 7.47. The van der Waals surface area contributed by atoms with Crippen LogP contribution in [-0.4, -0.2) is 36.8 Å². The fourth-order valence-corrected chi connectivity index (χ4v) is 4.92. The number of halogens is 1. The van der Waals surface area contributed by atoms with Gasteiger partial charge in [-0.15, -0.1) is 0 Å². The molecule has 20 heavy (non-hydrogen) atoms. The summed E-state index contributed by atoms with van der Waals surface area (Å²) in [6.07, 6.45) is 4.20. The van der Waals surface area contributed by atoms with Crippen molar-refractivity contribution in [2.75, 3.05) is 12.4 Å². The highest BCUT2D eigenvalue weighted by Crippen LogP contribution is 2.31. The van der Waals surface area contributed by atoms with Crippen LogP contribution in [0.2, 0.25) is 5.02 Å². The summed E-state index contributed by atoms with van der Waals surface area (Å²) >= 11 is 6.04. The van der Waals surface area contributed by atoms with Crippen LogP contribution in [0.1, 0.15) is 33.1 Å². The van der Waals surface area contributed by atoms with E-state index in [1.165, 1.54) is 12.3 Å². The van der Waals surface area contributed by atoms with E-state index in [0.29, 0.717) is 10.8 Å². The molecular formula is C13H20ClN3O2S. The quantitative estimate of drug-likeness (QED) is 0.931. The van der Waals surface area contributed by atoms with Gasteiger partial charge in [-0.25, -0.2) is 13.4 Å². The predicted molar refractivity (Wildman–Crippen MR) is 80.6 cm³/mol. The largest absolute Gasteiger partial charge is 0.372 e. The third-order valence-corrected chi connectivity index (χ3v) is 6.12. The molecule has 2 heterocycles. The van der Waals surface area contributed by atoms with Gasteiger partial charge >= 0.3 is 0 Å². The van der Waals surface area contributed by atoms with Gasteiger partial charge < -0.3 is 5.32 Å². The van der Waals surface area contributed by atoms with Gasteiger partial charge in [0.05, 0.1) is 5.02 Å². The highest BCUT2D eigenvalue weighted by atomic mass is 35.5. The van der Waals surface area contributed by atoms with E-state index in [1.54, 1.807) is 11.4 Å². The summed E-state index contributed by atoms with van der Waals surface area (Å²) in [6, 6.07) is 1.47. The monoisotopic (exact) mass is 317 g/mol. The molecule has 1 aromatic rings. The van der Waals surface area contributed by atoms with E-state index in [4.69, 9.17) is 11.6 Å². The van der Waals surface area contributed by atoms with E-state index >= 15 is 0 Å². The number of piperidine rings is 1. The summed E-state index contributed by atoms with van der Waals surface area (Å²) in [6.45, 7) is 3.90. The molecule has 1 N–H and O–H groups in total. The molecule has 1 aliphatic rings. The average molecular weight is 318 g/mol. The Labute approximate surface area is 125 Å². The number of nitrogens with one attached hydrogen (secondary N) is 1. The highest BCUT2D eigenvalue weighted by molar-refractivity contribution is 7.89. The molecule has 1 aromatic heterocycles. The van der Waals surface area contributed by atoms with Crippen molar-refractivity contribution in [1.29, 1.82) is 0 Å². The van der Waals surface area contributed by atoms with Crippen molar-refractivity contribution >= 4 is 27.4 Å². The van der Waals surface area contributed by atoms with Crippen LogP contribution in [0.3, 0.4) is 0 Å². The summed E-state index contributed by atoms with van der Waals surface area (Å²) in [4.78, 5) is 4.21. The van der Waals surface area contributed by atoms with E-state index < -0.39 is 10.0 Å². The number of rotatable bonds is 3. The minimum Gasteiger partial charge on any atom is -0.372 e. The first-order valence-electron chi connectivity index (χ1n) is 6.74. The van der Waals surface area contributed by atoms with Crippen molar-refractivity contribution in [2.24, 2.45) is 0 Å². The molecule has 0 aromatic carbocycles. The minimum absolute atomic E-state index is 0.00602. The lowest BCUT2D eigenvalue weighted by Crippen LogP contribution is -2.47. The molecule has 0 spiro atoms. The number of anilines is 1. The Bertz CT molecular complexity index is 581. The van der Waals surface area contributed by atoms with Crippen molar-refractivity contribution in [2.45, 2.75) is 50.1 Å². The smallest absolute Gasteiger partial charge is 0.245 e. The maximum Gasteiger partial charge on any atom is 0.245 e. The Balaban J connectivity index is 2.41. The third kappa shape index (κ3) is 2.77. The lowest BCUT2D eigenvalue weighted by molar-refractivity contribution is 0.204. The first kappa shape index (κ1) is 15.5. The highest BCUT2D eigenvalue weighted by Gasteiger charge is 2.36. The second kappa shape index (κ2) is 5.87. The van der Waals surface area contributed by atoms with E-state index in [1.807, 2.05) is 13.8 Å². The van der Waals surface area contributed by atoms with Gasteiger partial charge in [0.2, 0.25) is 10.0 Å². The molecule has 0 aliphatic carbocycles. The minimum atomic E-state index is -3.55. The lowest BCUT2D eigenvalue weighted by Gasteiger charge is -2.37. The van der Waals surface area contributed by atoms with Crippen molar-refractivity contribution in [3.05, 3.63) is 17.3 Å². The molecule has 112 valence electrons. The van der Waals surface area contributed by atoms with Gasteiger partial charge in [-0.3, -0.25) is 0 Å². The van der Waals surface area contributed by atoms with Crippen molar-refractivity contribution in [3.63, 3.8) is 0 Å². The van der Waals surface area contributed by atoms with E-state index in [-0.39, 0.29) is 17.0 Å². The van der Waals surface area contributed by atoms with E-state index in [2.05, 4.69) is 10.3 Å². The number of aromatic nitrogens is 1. The standard InChI is InChI=1S/C13H20ClN3O2S/c1-9-5-4-6-10(2)17(9)20(18,19)11-7-12(14)13(15-3)16-8-11/h7-10H,4-6H2,1-3H3,(H,15,16)/t9-,10+. The molecule has 7 heteroatoms. The van der Waals surface area contributed by atoms with Crippen LogP contribution in [0.25, 0.3) is 0 Å². The van der Waals surface area contributed by atoms with Gasteiger partial charge in [-0.2, -0.15) is 4.31 Å². The molecule has 5 nitrogen and oxygen atoms in total. The molecule has 0 bridgehead atoms. The van der Waals surface area contributed by atoms with Crippen LogP contribution in [-0.2, 0) is 10.0 Å². The predicted octanol–water partition coefficient (Wildman–Crippen LogP) is 2.73. The third-order valence-electron chi connectivity index (χ3n) is 3.74.